The highest BCUT2D eigenvalue weighted by molar-refractivity contribution is 7.19. The summed E-state index contributed by atoms with van der Waals surface area (Å²) in [6, 6.07) is 9.47. The first-order chi connectivity index (χ1) is 15.6. The second-order valence-corrected chi connectivity index (χ2v) is 9.97. The Kier molecular flexibility index (Phi) is 4.92. The summed E-state index contributed by atoms with van der Waals surface area (Å²) < 4.78 is 26.7. The van der Waals surface area contributed by atoms with Crippen molar-refractivity contribution >= 4 is 33.2 Å². The molecule has 0 radical (unpaired) electrons. The van der Waals surface area contributed by atoms with E-state index in [1.165, 1.54) is 15.8 Å². The molecular weight excluding hydrogens is 423 g/mol. The summed E-state index contributed by atoms with van der Waals surface area (Å²) in [5, 5.41) is 8.24. The molecule has 2 aromatic carbocycles. The zero-order chi connectivity index (χ0) is 21.7. The molecule has 2 atom stereocenters. The number of benzene rings is 2. The average molecular weight is 449 g/mol. The van der Waals surface area contributed by atoms with Crippen molar-refractivity contribution < 1.29 is 13.9 Å². The van der Waals surface area contributed by atoms with Gasteiger partial charge in [0.05, 0.1) is 6.54 Å². The Morgan fingerprint density at radius 3 is 3.12 bits per heavy atom. The Balaban J connectivity index is 1.09. The van der Waals surface area contributed by atoms with E-state index in [1.807, 2.05) is 18.2 Å². The predicted molar refractivity (Wildman–Crippen MR) is 128 cm³/mol. The van der Waals surface area contributed by atoms with Gasteiger partial charge in [0.25, 0.3) is 0 Å². The summed E-state index contributed by atoms with van der Waals surface area (Å²) in [7, 11) is 0. The molecule has 3 heterocycles. The Labute approximate surface area is 190 Å². The van der Waals surface area contributed by atoms with E-state index in [4.69, 9.17) is 9.47 Å². The third kappa shape index (κ3) is 3.57. The first kappa shape index (κ1) is 19.8. The predicted octanol–water partition coefficient (Wildman–Crippen LogP) is 5.87. The van der Waals surface area contributed by atoms with Crippen LogP contribution in [0.2, 0.25) is 0 Å². The number of anilines is 1. The lowest BCUT2D eigenvalue weighted by atomic mass is 9.87. The molecule has 0 saturated carbocycles. The van der Waals surface area contributed by atoms with Crippen molar-refractivity contribution in [2.24, 2.45) is 5.92 Å². The normalized spacial score (nSPS) is 21.0. The minimum atomic E-state index is -0.152. The van der Waals surface area contributed by atoms with Gasteiger partial charge in [-0.2, -0.15) is 0 Å². The molecule has 32 heavy (non-hydrogen) atoms. The maximum atomic E-state index is 13.6. The Morgan fingerprint density at radius 1 is 1.25 bits per heavy atom. The van der Waals surface area contributed by atoms with Gasteiger partial charge in [-0.05, 0) is 73.9 Å². The van der Waals surface area contributed by atoms with Crippen molar-refractivity contribution in [2.75, 3.05) is 18.4 Å². The van der Waals surface area contributed by atoms with Crippen LogP contribution in [0, 0.1) is 11.7 Å². The molecule has 0 bridgehead atoms. The van der Waals surface area contributed by atoms with E-state index in [-0.39, 0.29) is 5.82 Å². The van der Waals surface area contributed by atoms with E-state index in [2.05, 4.69) is 29.7 Å². The minimum absolute atomic E-state index is 0.152. The third-order valence-corrected chi connectivity index (χ3v) is 7.71. The highest BCUT2D eigenvalue weighted by atomic mass is 32.1. The summed E-state index contributed by atoms with van der Waals surface area (Å²) >= 11 is 1.75. The Hall–Kier alpha value is -2.83. The lowest BCUT2D eigenvalue weighted by molar-refractivity contribution is 0.309. The van der Waals surface area contributed by atoms with E-state index in [1.54, 1.807) is 29.7 Å². The van der Waals surface area contributed by atoms with Crippen LogP contribution in [0.4, 0.5) is 10.1 Å². The second kappa shape index (κ2) is 7.94. The molecule has 6 rings (SSSR count). The first-order valence-electron chi connectivity index (χ1n) is 11.2. The van der Waals surface area contributed by atoms with Crippen LogP contribution in [-0.2, 0) is 12.8 Å². The second-order valence-electron chi connectivity index (χ2n) is 8.83. The highest BCUT2D eigenvalue weighted by Crippen LogP contribution is 2.42. The summed E-state index contributed by atoms with van der Waals surface area (Å²) in [6.07, 6.45) is 9.18. The molecular formula is C26H25FN2O2S. The number of nitrogens with one attached hydrogen (secondary N) is 2. The minimum Gasteiger partial charge on any atom is -0.457 e. The number of aryl methyl sites for hydroxylation is 1. The fourth-order valence-electron chi connectivity index (χ4n) is 4.86. The molecule has 2 N–H and O–H groups in total. The van der Waals surface area contributed by atoms with Gasteiger partial charge in [-0.3, -0.25) is 0 Å². The number of fused-ring (bicyclic) bond motifs is 6. The molecule has 164 valence electrons. The maximum Gasteiger partial charge on any atom is 0.178 e. The van der Waals surface area contributed by atoms with Gasteiger partial charge in [-0.1, -0.05) is 18.2 Å². The molecule has 6 heteroatoms. The summed E-state index contributed by atoms with van der Waals surface area (Å²) in [6.45, 7) is 3.66. The molecule has 1 aliphatic carbocycles. The maximum absolute atomic E-state index is 13.6. The molecule has 1 unspecified atom stereocenters. The monoisotopic (exact) mass is 448 g/mol. The van der Waals surface area contributed by atoms with Gasteiger partial charge >= 0.3 is 0 Å². The topological polar surface area (TPSA) is 42.5 Å². The molecule has 3 aliphatic rings. The van der Waals surface area contributed by atoms with Crippen molar-refractivity contribution in [3.8, 4) is 11.5 Å². The molecule has 4 nitrogen and oxygen atoms in total. The Morgan fingerprint density at radius 2 is 2.19 bits per heavy atom. The Bertz CT molecular complexity index is 1260. The molecule has 1 aromatic heterocycles. The van der Waals surface area contributed by atoms with E-state index in [0.717, 1.165) is 59.0 Å². The van der Waals surface area contributed by atoms with E-state index in [9.17, 15) is 4.39 Å². The van der Waals surface area contributed by atoms with Crippen molar-refractivity contribution in [3.05, 3.63) is 70.3 Å². The summed E-state index contributed by atoms with van der Waals surface area (Å²) in [4.78, 5) is 1.41. The van der Waals surface area contributed by atoms with Crippen LogP contribution in [0.3, 0.4) is 0 Å². The summed E-state index contributed by atoms with van der Waals surface area (Å²) in [5.41, 5.74) is 3.52. The van der Waals surface area contributed by atoms with Crippen LogP contribution in [0.1, 0.15) is 29.3 Å². The number of thiophene rings is 1. The van der Waals surface area contributed by atoms with Crippen LogP contribution < -0.4 is 20.1 Å². The average Bonchev–Trinajstić information content (AvgIpc) is 3.15. The van der Waals surface area contributed by atoms with E-state index in [0.29, 0.717) is 18.5 Å². The largest absolute Gasteiger partial charge is 0.457 e. The van der Waals surface area contributed by atoms with Gasteiger partial charge in [-0.15, -0.1) is 11.3 Å². The molecule has 0 amide bonds. The zero-order valence-corrected chi connectivity index (χ0v) is 18.7. The highest BCUT2D eigenvalue weighted by Gasteiger charge is 2.24. The van der Waals surface area contributed by atoms with Crippen molar-refractivity contribution in [3.63, 3.8) is 0 Å². The molecule has 0 fully saturated rings. The van der Waals surface area contributed by atoms with Gasteiger partial charge < -0.3 is 20.1 Å². The van der Waals surface area contributed by atoms with Gasteiger partial charge in [0.2, 0.25) is 0 Å². The van der Waals surface area contributed by atoms with E-state index < -0.39 is 0 Å². The zero-order valence-electron chi connectivity index (χ0n) is 17.9. The van der Waals surface area contributed by atoms with E-state index >= 15 is 0 Å². The third-order valence-electron chi connectivity index (χ3n) is 6.49. The lowest BCUT2D eigenvalue weighted by Gasteiger charge is -2.26. The van der Waals surface area contributed by atoms with Crippen LogP contribution in [0.15, 0.2) is 48.4 Å². The fraction of sp³-hybridized carbons (Fsp3) is 0.308. The SMILES string of the molecule is CC1C=Cc2c(ccc3c2OC(CNC[C@H]2CCc4c(sc5cc(F)ccc45)C2)=CO3)N1. The summed E-state index contributed by atoms with van der Waals surface area (Å²) in [5.74, 6) is 2.72. The number of ether oxygens (including phenoxy) is 2. The number of hydrogen-bond donors (Lipinski definition) is 2. The fourth-order valence-corrected chi connectivity index (χ4v) is 6.26. The van der Waals surface area contributed by atoms with Crippen LogP contribution >= 0.6 is 11.3 Å². The quantitative estimate of drug-likeness (QED) is 0.523. The van der Waals surface area contributed by atoms with Crippen molar-refractivity contribution in [1.82, 2.24) is 5.32 Å². The molecule has 0 saturated heterocycles. The van der Waals surface area contributed by atoms with Gasteiger partial charge in [-0.25, -0.2) is 4.39 Å². The van der Waals surface area contributed by atoms with Crippen LogP contribution in [-0.4, -0.2) is 19.1 Å². The lowest BCUT2D eigenvalue weighted by Crippen LogP contribution is -2.30. The molecule has 2 aliphatic heterocycles. The number of halogens is 1. The number of hydrogen-bond acceptors (Lipinski definition) is 5. The van der Waals surface area contributed by atoms with Crippen LogP contribution in [0.25, 0.3) is 16.2 Å². The first-order valence-corrected chi connectivity index (χ1v) is 12.0. The van der Waals surface area contributed by atoms with Crippen molar-refractivity contribution in [2.45, 2.75) is 32.2 Å². The smallest absolute Gasteiger partial charge is 0.178 e. The van der Waals surface area contributed by atoms with Gasteiger partial charge in [0, 0.05) is 26.9 Å². The van der Waals surface area contributed by atoms with Crippen molar-refractivity contribution in [1.29, 1.82) is 0 Å². The number of rotatable bonds is 4. The van der Waals surface area contributed by atoms with Gasteiger partial charge in [0.1, 0.15) is 12.1 Å². The van der Waals surface area contributed by atoms with Gasteiger partial charge in [0.15, 0.2) is 17.3 Å². The molecule has 0 spiro atoms. The standard InChI is InChI=1S/C26H25FN2O2S/c1-15-2-5-21-22(29-15)8-9-23-26(21)31-18(14-30-23)13-28-12-16-3-6-19-20-7-4-17(27)11-25(20)32-24(19)10-16/h2,4-5,7-9,11,14-16,28-29H,3,6,10,12-13H2,1H3/t15?,16-/m0/s1. The molecule has 3 aromatic rings. The van der Waals surface area contributed by atoms with Crippen LogP contribution in [0.5, 0.6) is 11.5 Å².